The number of carbonyl (C=O) groups is 1. The summed E-state index contributed by atoms with van der Waals surface area (Å²) in [7, 11) is 0. The molecule has 4 aromatic rings. The number of aromatic amines is 1. The van der Waals surface area contributed by atoms with Crippen LogP contribution >= 0.6 is 0 Å². The van der Waals surface area contributed by atoms with Crippen LogP contribution in [0.25, 0.3) is 16.7 Å². The first kappa shape index (κ1) is 20.0. The van der Waals surface area contributed by atoms with Crippen LogP contribution in [-0.2, 0) is 17.8 Å². The molecule has 0 saturated carbocycles. The fraction of sp³-hybridized carbons (Fsp3) is 0.250. The number of aromatic nitrogens is 4. The molecule has 3 heterocycles. The molecule has 162 valence electrons. The normalized spacial score (nSPS) is 13.2. The van der Waals surface area contributed by atoms with Crippen LogP contribution in [0.1, 0.15) is 24.0 Å². The molecule has 0 spiro atoms. The van der Waals surface area contributed by atoms with E-state index in [1.54, 1.807) is 4.68 Å². The summed E-state index contributed by atoms with van der Waals surface area (Å²) < 4.78 is 1.65. The van der Waals surface area contributed by atoms with Crippen LogP contribution in [0.5, 0.6) is 0 Å². The number of hydrogen-bond donors (Lipinski definition) is 2. The average Bonchev–Trinajstić information content (AvgIpc) is 3.26. The number of fused-ring (bicyclic) bond motifs is 2. The van der Waals surface area contributed by atoms with Gasteiger partial charge in [-0.1, -0.05) is 42.5 Å². The minimum Gasteiger partial charge on any atom is -0.356 e. The van der Waals surface area contributed by atoms with E-state index in [4.69, 9.17) is 0 Å². The van der Waals surface area contributed by atoms with Crippen molar-refractivity contribution >= 4 is 22.9 Å². The van der Waals surface area contributed by atoms with Crippen molar-refractivity contribution in [3.8, 4) is 5.69 Å². The Hall–Kier alpha value is -3.94. The Balaban J connectivity index is 1.21. The Kier molecular flexibility index (Phi) is 5.41. The third-order valence-electron chi connectivity index (χ3n) is 5.78. The number of hydrogen-bond acceptors (Lipinski definition) is 5. The lowest BCUT2D eigenvalue weighted by Crippen LogP contribution is -2.36. The maximum absolute atomic E-state index is 12.6. The third kappa shape index (κ3) is 3.99. The molecule has 0 atom stereocenters. The summed E-state index contributed by atoms with van der Waals surface area (Å²) in [5, 5.41) is 7.88. The number of benzene rings is 2. The highest BCUT2D eigenvalue weighted by atomic mass is 16.2. The van der Waals surface area contributed by atoms with E-state index in [2.05, 4.69) is 32.5 Å². The zero-order valence-corrected chi connectivity index (χ0v) is 17.6. The largest absolute Gasteiger partial charge is 0.356 e. The Bertz CT molecular complexity index is 1310. The quantitative estimate of drug-likeness (QED) is 0.461. The fourth-order valence-corrected chi connectivity index (χ4v) is 4.07. The molecule has 2 aromatic carbocycles. The van der Waals surface area contributed by atoms with Gasteiger partial charge in [0.05, 0.1) is 11.9 Å². The highest BCUT2D eigenvalue weighted by Crippen LogP contribution is 2.19. The smallest absolute Gasteiger partial charge is 0.263 e. The topological polar surface area (TPSA) is 95.9 Å². The fourth-order valence-electron chi connectivity index (χ4n) is 4.07. The molecule has 5 rings (SSSR count). The van der Waals surface area contributed by atoms with E-state index < -0.39 is 0 Å². The van der Waals surface area contributed by atoms with Gasteiger partial charge in [0.1, 0.15) is 5.39 Å². The van der Waals surface area contributed by atoms with Crippen LogP contribution in [0.15, 0.2) is 65.6 Å². The Morgan fingerprint density at radius 1 is 1.06 bits per heavy atom. The highest BCUT2D eigenvalue weighted by Gasteiger charge is 2.19. The molecule has 1 aliphatic rings. The second-order valence-corrected chi connectivity index (χ2v) is 7.91. The van der Waals surface area contributed by atoms with Crippen LogP contribution in [0.3, 0.4) is 0 Å². The van der Waals surface area contributed by atoms with Gasteiger partial charge in [-0.3, -0.25) is 14.6 Å². The maximum Gasteiger partial charge on any atom is 0.263 e. The van der Waals surface area contributed by atoms with Gasteiger partial charge in [0.25, 0.3) is 5.56 Å². The molecule has 0 radical (unpaired) electrons. The molecule has 1 amide bonds. The lowest BCUT2D eigenvalue weighted by atomic mass is 9.99. The molecular formula is C24H24N6O2. The number of carbonyl (C=O) groups excluding carboxylic acids is 1. The van der Waals surface area contributed by atoms with Crippen molar-refractivity contribution in [1.82, 2.24) is 24.6 Å². The van der Waals surface area contributed by atoms with E-state index in [-0.39, 0.29) is 11.5 Å². The summed E-state index contributed by atoms with van der Waals surface area (Å²) in [6.07, 6.45) is 3.52. The van der Waals surface area contributed by atoms with Crippen molar-refractivity contribution in [2.75, 3.05) is 18.4 Å². The first-order chi connectivity index (χ1) is 15.7. The zero-order chi connectivity index (χ0) is 21.9. The summed E-state index contributed by atoms with van der Waals surface area (Å²) in [5.41, 5.74) is 3.64. The molecule has 8 heteroatoms. The van der Waals surface area contributed by atoms with Crippen LogP contribution < -0.4 is 10.9 Å². The number of para-hydroxylation sites is 1. The van der Waals surface area contributed by atoms with Crippen molar-refractivity contribution in [2.24, 2.45) is 0 Å². The molecule has 0 fully saturated rings. The Labute approximate surface area is 184 Å². The third-order valence-corrected chi connectivity index (χ3v) is 5.78. The van der Waals surface area contributed by atoms with E-state index in [9.17, 15) is 9.59 Å². The summed E-state index contributed by atoms with van der Waals surface area (Å²) in [6.45, 7) is 1.97. The predicted octanol–water partition coefficient (Wildman–Crippen LogP) is 2.89. The van der Waals surface area contributed by atoms with E-state index in [1.165, 1.54) is 17.3 Å². The van der Waals surface area contributed by atoms with Crippen molar-refractivity contribution in [2.45, 2.75) is 25.8 Å². The first-order valence-electron chi connectivity index (χ1n) is 10.8. The van der Waals surface area contributed by atoms with Crippen molar-refractivity contribution < 1.29 is 4.79 Å². The first-order valence-corrected chi connectivity index (χ1v) is 10.8. The van der Waals surface area contributed by atoms with Crippen LogP contribution in [0.2, 0.25) is 0 Å². The number of rotatable bonds is 6. The monoisotopic (exact) mass is 428 g/mol. The molecule has 8 nitrogen and oxygen atoms in total. The van der Waals surface area contributed by atoms with Gasteiger partial charge in [-0.2, -0.15) is 10.1 Å². The Morgan fingerprint density at radius 3 is 2.69 bits per heavy atom. The van der Waals surface area contributed by atoms with Gasteiger partial charge in [0, 0.05) is 26.1 Å². The number of nitrogens with zero attached hydrogens (tertiary/aromatic N) is 4. The summed E-state index contributed by atoms with van der Waals surface area (Å²) in [5.74, 6) is 0.528. The number of nitrogens with one attached hydrogen (secondary N) is 2. The van der Waals surface area contributed by atoms with E-state index >= 15 is 0 Å². The van der Waals surface area contributed by atoms with Crippen molar-refractivity contribution in [3.05, 3.63) is 82.3 Å². The van der Waals surface area contributed by atoms with Crippen molar-refractivity contribution in [3.63, 3.8) is 0 Å². The highest BCUT2D eigenvalue weighted by molar-refractivity contribution is 5.77. The molecule has 0 unspecified atom stereocenters. The summed E-state index contributed by atoms with van der Waals surface area (Å²) in [4.78, 5) is 34.3. The average molecular weight is 428 g/mol. The van der Waals surface area contributed by atoms with Crippen molar-refractivity contribution in [1.29, 1.82) is 0 Å². The van der Waals surface area contributed by atoms with Crippen LogP contribution in [-0.4, -0.2) is 43.6 Å². The second-order valence-electron chi connectivity index (χ2n) is 7.91. The lowest BCUT2D eigenvalue weighted by molar-refractivity contribution is -0.132. The molecule has 0 bridgehead atoms. The molecule has 32 heavy (non-hydrogen) atoms. The van der Waals surface area contributed by atoms with E-state index in [0.717, 1.165) is 18.7 Å². The van der Waals surface area contributed by atoms with E-state index in [0.29, 0.717) is 42.9 Å². The standard InChI is InChI=1S/C24H24N6O2/c31-21(29-14-12-17-7-4-5-8-18(17)16-29)11-6-13-25-24-27-22-20(23(32)28-24)15-26-30(22)19-9-2-1-3-10-19/h1-5,7-10,15H,6,11-14,16H2,(H2,25,27,28,32). The molecule has 2 aromatic heterocycles. The van der Waals surface area contributed by atoms with Gasteiger partial charge in [0.15, 0.2) is 5.65 Å². The van der Waals surface area contributed by atoms with E-state index in [1.807, 2.05) is 47.4 Å². The van der Waals surface area contributed by atoms with Crippen LogP contribution in [0.4, 0.5) is 5.95 Å². The minimum atomic E-state index is -0.247. The Morgan fingerprint density at radius 2 is 1.84 bits per heavy atom. The SMILES string of the molecule is O=C(CCCNc1nc2c(cnn2-c2ccccc2)c(=O)[nH]1)N1CCc2ccccc2C1. The molecule has 0 saturated heterocycles. The zero-order valence-electron chi connectivity index (χ0n) is 17.6. The molecule has 1 aliphatic heterocycles. The lowest BCUT2D eigenvalue weighted by Gasteiger charge is -2.29. The predicted molar refractivity (Wildman–Crippen MR) is 123 cm³/mol. The van der Waals surface area contributed by atoms with Gasteiger partial charge in [-0.25, -0.2) is 4.68 Å². The number of H-pyrrole nitrogens is 1. The van der Waals surface area contributed by atoms with Gasteiger partial charge in [-0.05, 0) is 36.1 Å². The second kappa shape index (κ2) is 8.66. The molecule has 2 N–H and O–H groups in total. The molecule has 0 aliphatic carbocycles. The van der Waals surface area contributed by atoms with Gasteiger partial charge in [0.2, 0.25) is 11.9 Å². The van der Waals surface area contributed by atoms with Gasteiger partial charge in [-0.15, -0.1) is 0 Å². The van der Waals surface area contributed by atoms with Gasteiger partial charge >= 0.3 is 0 Å². The van der Waals surface area contributed by atoms with Crippen LogP contribution in [0, 0.1) is 0 Å². The maximum atomic E-state index is 12.6. The minimum absolute atomic E-state index is 0.153. The van der Waals surface area contributed by atoms with Gasteiger partial charge < -0.3 is 10.2 Å². The number of anilines is 1. The number of amides is 1. The molecular weight excluding hydrogens is 404 g/mol. The summed E-state index contributed by atoms with van der Waals surface area (Å²) >= 11 is 0. The summed E-state index contributed by atoms with van der Waals surface area (Å²) in [6, 6.07) is 17.9.